The Bertz CT molecular complexity index is 803. The highest BCUT2D eigenvalue weighted by Gasteiger charge is 2.32. The van der Waals surface area contributed by atoms with Gasteiger partial charge in [0.15, 0.2) is 0 Å². The standard InChI is InChI=1S/C18H20FN3O3/c1-3-15-17(11(2)25-21-15)18(24)20-14-8-16(23)22(10-14)9-12-5-4-6-13(19)7-12/h4-7,14H,3,8-10H2,1-2H3,(H,20,24). The van der Waals surface area contributed by atoms with Crippen LogP contribution in [0.4, 0.5) is 4.39 Å². The summed E-state index contributed by atoms with van der Waals surface area (Å²) in [5.74, 6) is -0.201. The van der Waals surface area contributed by atoms with Crippen LogP contribution in [-0.4, -0.2) is 34.5 Å². The van der Waals surface area contributed by atoms with E-state index in [1.54, 1.807) is 24.0 Å². The second-order valence-electron chi connectivity index (χ2n) is 6.19. The van der Waals surface area contributed by atoms with Crippen molar-refractivity contribution >= 4 is 11.8 Å². The Morgan fingerprint density at radius 3 is 3.00 bits per heavy atom. The summed E-state index contributed by atoms with van der Waals surface area (Å²) in [6.07, 6.45) is 0.822. The third-order valence-corrected chi connectivity index (χ3v) is 4.31. The third-order valence-electron chi connectivity index (χ3n) is 4.31. The summed E-state index contributed by atoms with van der Waals surface area (Å²) in [5, 5.41) is 6.75. The molecule has 6 nitrogen and oxygen atoms in total. The monoisotopic (exact) mass is 345 g/mol. The number of halogens is 1. The fraction of sp³-hybridized carbons (Fsp3) is 0.389. The van der Waals surface area contributed by atoms with E-state index < -0.39 is 0 Å². The van der Waals surface area contributed by atoms with Crippen LogP contribution in [-0.2, 0) is 17.8 Å². The molecule has 0 bridgehead atoms. The predicted molar refractivity (Wildman–Crippen MR) is 88.3 cm³/mol. The molecule has 1 aromatic carbocycles. The molecule has 1 aliphatic rings. The number of nitrogens with zero attached hydrogens (tertiary/aromatic N) is 2. The van der Waals surface area contributed by atoms with Crippen molar-refractivity contribution in [3.63, 3.8) is 0 Å². The number of rotatable bonds is 5. The Morgan fingerprint density at radius 1 is 1.48 bits per heavy atom. The molecule has 2 amide bonds. The van der Waals surface area contributed by atoms with E-state index in [0.29, 0.717) is 36.5 Å². The number of carbonyl (C=O) groups is 2. The van der Waals surface area contributed by atoms with Gasteiger partial charge in [0.2, 0.25) is 5.91 Å². The van der Waals surface area contributed by atoms with Crippen LogP contribution in [0, 0.1) is 12.7 Å². The van der Waals surface area contributed by atoms with Gasteiger partial charge in [-0.3, -0.25) is 9.59 Å². The Balaban J connectivity index is 1.64. The second-order valence-corrected chi connectivity index (χ2v) is 6.19. The fourth-order valence-corrected chi connectivity index (χ4v) is 3.09. The van der Waals surface area contributed by atoms with Crippen LogP contribution in [0.1, 0.15) is 40.7 Å². The van der Waals surface area contributed by atoms with E-state index in [1.165, 1.54) is 12.1 Å². The maximum absolute atomic E-state index is 13.3. The van der Waals surface area contributed by atoms with E-state index in [0.717, 1.165) is 5.56 Å². The second kappa shape index (κ2) is 7.04. The van der Waals surface area contributed by atoms with Gasteiger partial charge in [-0.1, -0.05) is 24.2 Å². The molecule has 0 radical (unpaired) electrons. The van der Waals surface area contributed by atoms with Crippen molar-refractivity contribution in [1.82, 2.24) is 15.4 Å². The Hall–Kier alpha value is -2.70. The number of carbonyl (C=O) groups excluding carboxylic acids is 2. The third kappa shape index (κ3) is 3.70. The van der Waals surface area contributed by atoms with Gasteiger partial charge in [-0.05, 0) is 31.0 Å². The minimum absolute atomic E-state index is 0.0627. The van der Waals surface area contributed by atoms with Crippen LogP contribution in [0.2, 0.25) is 0 Å². The molecule has 0 aliphatic carbocycles. The summed E-state index contributed by atoms with van der Waals surface area (Å²) in [4.78, 5) is 26.3. The number of amides is 2. The average Bonchev–Trinajstić information content (AvgIpc) is 3.10. The number of hydrogen-bond donors (Lipinski definition) is 1. The maximum atomic E-state index is 13.3. The summed E-state index contributed by atoms with van der Waals surface area (Å²) in [6.45, 7) is 4.31. The molecule has 25 heavy (non-hydrogen) atoms. The molecule has 1 aliphatic heterocycles. The van der Waals surface area contributed by atoms with Gasteiger partial charge in [0, 0.05) is 19.5 Å². The zero-order valence-electron chi connectivity index (χ0n) is 14.2. The maximum Gasteiger partial charge on any atom is 0.257 e. The average molecular weight is 345 g/mol. The lowest BCUT2D eigenvalue weighted by Crippen LogP contribution is -2.37. The number of benzene rings is 1. The smallest absolute Gasteiger partial charge is 0.257 e. The minimum atomic E-state index is -0.330. The van der Waals surface area contributed by atoms with Crippen LogP contribution >= 0.6 is 0 Å². The molecule has 2 aromatic rings. The van der Waals surface area contributed by atoms with Crippen molar-refractivity contribution in [1.29, 1.82) is 0 Å². The van der Waals surface area contributed by atoms with Gasteiger partial charge in [-0.25, -0.2) is 4.39 Å². The van der Waals surface area contributed by atoms with Crippen LogP contribution in [0.5, 0.6) is 0 Å². The summed E-state index contributed by atoms with van der Waals surface area (Å²) >= 11 is 0. The topological polar surface area (TPSA) is 75.4 Å². The summed E-state index contributed by atoms with van der Waals surface area (Å²) in [5.41, 5.74) is 1.78. The molecule has 1 atom stereocenters. The van der Waals surface area contributed by atoms with Crippen molar-refractivity contribution in [3.05, 3.63) is 52.7 Å². The molecule has 0 saturated carbocycles. The Labute approximate surface area is 145 Å². The van der Waals surface area contributed by atoms with Crippen molar-refractivity contribution in [2.45, 2.75) is 39.3 Å². The first kappa shape index (κ1) is 17.1. The predicted octanol–water partition coefficient (Wildman–Crippen LogP) is 2.22. The first-order valence-corrected chi connectivity index (χ1v) is 8.26. The zero-order valence-corrected chi connectivity index (χ0v) is 14.2. The van der Waals surface area contributed by atoms with Crippen molar-refractivity contribution in [2.24, 2.45) is 0 Å². The van der Waals surface area contributed by atoms with Crippen LogP contribution < -0.4 is 5.32 Å². The number of aryl methyl sites for hydroxylation is 2. The zero-order chi connectivity index (χ0) is 18.0. The van der Waals surface area contributed by atoms with Gasteiger partial charge >= 0.3 is 0 Å². The van der Waals surface area contributed by atoms with E-state index in [4.69, 9.17) is 4.52 Å². The molecule has 0 spiro atoms. The van der Waals surface area contributed by atoms with E-state index in [9.17, 15) is 14.0 Å². The largest absolute Gasteiger partial charge is 0.361 e. The normalized spacial score (nSPS) is 17.2. The molecular weight excluding hydrogens is 325 g/mol. The van der Waals surface area contributed by atoms with Crippen LogP contribution in [0.25, 0.3) is 0 Å². The molecule has 132 valence electrons. The molecule has 1 aromatic heterocycles. The van der Waals surface area contributed by atoms with Gasteiger partial charge in [0.25, 0.3) is 5.91 Å². The minimum Gasteiger partial charge on any atom is -0.361 e. The summed E-state index contributed by atoms with van der Waals surface area (Å²) in [7, 11) is 0. The highest BCUT2D eigenvalue weighted by Crippen LogP contribution is 2.18. The molecular formula is C18H20FN3O3. The molecule has 1 fully saturated rings. The molecule has 1 unspecified atom stereocenters. The van der Waals surface area contributed by atoms with Gasteiger partial charge in [-0.15, -0.1) is 0 Å². The van der Waals surface area contributed by atoms with Crippen LogP contribution in [0.3, 0.4) is 0 Å². The molecule has 1 N–H and O–H groups in total. The summed E-state index contributed by atoms with van der Waals surface area (Å²) < 4.78 is 18.4. The van der Waals surface area contributed by atoms with E-state index in [2.05, 4.69) is 10.5 Å². The first-order chi connectivity index (χ1) is 12.0. The molecule has 1 saturated heterocycles. The number of nitrogens with one attached hydrogen (secondary N) is 1. The SMILES string of the molecule is CCc1noc(C)c1C(=O)NC1CC(=O)N(Cc2cccc(F)c2)C1. The number of hydrogen-bond acceptors (Lipinski definition) is 4. The highest BCUT2D eigenvalue weighted by molar-refractivity contribution is 5.97. The molecule has 2 heterocycles. The molecule has 3 rings (SSSR count). The Morgan fingerprint density at radius 2 is 2.28 bits per heavy atom. The lowest BCUT2D eigenvalue weighted by atomic mass is 10.1. The first-order valence-electron chi connectivity index (χ1n) is 8.26. The fourth-order valence-electron chi connectivity index (χ4n) is 3.09. The van der Waals surface area contributed by atoms with Gasteiger partial charge in [-0.2, -0.15) is 0 Å². The van der Waals surface area contributed by atoms with Gasteiger partial charge in [0.05, 0.1) is 11.7 Å². The highest BCUT2D eigenvalue weighted by atomic mass is 19.1. The number of aromatic nitrogens is 1. The van der Waals surface area contributed by atoms with E-state index in [1.807, 2.05) is 6.92 Å². The van der Waals surface area contributed by atoms with E-state index in [-0.39, 0.29) is 30.1 Å². The van der Waals surface area contributed by atoms with Crippen LogP contribution in [0.15, 0.2) is 28.8 Å². The summed E-state index contributed by atoms with van der Waals surface area (Å²) in [6, 6.07) is 5.88. The van der Waals surface area contributed by atoms with Gasteiger partial charge in [0.1, 0.15) is 17.1 Å². The lowest BCUT2D eigenvalue weighted by molar-refractivity contribution is -0.128. The molecule has 7 heteroatoms. The lowest BCUT2D eigenvalue weighted by Gasteiger charge is -2.17. The van der Waals surface area contributed by atoms with Crippen molar-refractivity contribution in [3.8, 4) is 0 Å². The van der Waals surface area contributed by atoms with Crippen molar-refractivity contribution < 1.29 is 18.5 Å². The van der Waals surface area contributed by atoms with E-state index >= 15 is 0 Å². The van der Waals surface area contributed by atoms with Crippen molar-refractivity contribution in [2.75, 3.05) is 6.54 Å². The quantitative estimate of drug-likeness (QED) is 0.901. The number of likely N-dealkylation sites (tertiary alicyclic amines) is 1. The van der Waals surface area contributed by atoms with Gasteiger partial charge < -0.3 is 14.7 Å². The Kier molecular flexibility index (Phi) is 4.83.